The van der Waals surface area contributed by atoms with Gasteiger partial charge in [-0.15, -0.1) is 0 Å². The highest BCUT2D eigenvalue weighted by molar-refractivity contribution is 6.30. The Balaban J connectivity index is 1.78. The average Bonchev–Trinajstić information content (AvgIpc) is 2.72. The Morgan fingerprint density at radius 3 is 2.55 bits per heavy atom. The van der Waals surface area contributed by atoms with Gasteiger partial charge in [0.1, 0.15) is 11.6 Å². The maximum absolute atomic E-state index is 13.8. The molecule has 1 aliphatic carbocycles. The van der Waals surface area contributed by atoms with Gasteiger partial charge >= 0.3 is 0 Å². The fourth-order valence-corrected chi connectivity index (χ4v) is 4.94. The molecule has 2 aromatic carbocycles. The Kier molecular flexibility index (Phi) is 5.21. The van der Waals surface area contributed by atoms with Gasteiger partial charge in [-0.3, -0.25) is 4.79 Å². The van der Waals surface area contributed by atoms with E-state index in [-0.39, 0.29) is 24.3 Å². The molecule has 4 atom stereocenters. The Bertz CT molecular complexity index is 980. The molecule has 29 heavy (non-hydrogen) atoms. The van der Waals surface area contributed by atoms with Gasteiger partial charge in [0.05, 0.1) is 6.07 Å². The summed E-state index contributed by atoms with van der Waals surface area (Å²) in [6, 6.07) is 19.4. The third kappa shape index (κ3) is 3.35. The smallest absolute Gasteiger partial charge is 0.246 e. The first kappa shape index (κ1) is 19.7. The van der Waals surface area contributed by atoms with Crippen LogP contribution in [0.2, 0.25) is 5.02 Å². The Morgan fingerprint density at radius 1 is 1.21 bits per heavy atom. The van der Waals surface area contributed by atoms with Gasteiger partial charge in [0.15, 0.2) is 0 Å². The zero-order chi connectivity index (χ0) is 20.6. The summed E-state index contributed by atoms with van der Waals surface area (Å²) in [5.41, 5.74) is 1.76. The van der Waals surface area contributed by atoms with Gasteiger partial charge in [0, 0.05) is 29.8 Å². The summed E-state index contributed by atoms with van der Waals surface area (Å²) in [5, 5.41) is 21.8. The van der Waals surface area contributed by atoms with Gasteiger partial charge in [0.25, 0.3) is 0 Å². The molecule has 2 aliphatic rings. The molecule has 1 amide bonds. The number of hydrogen-bond acceptors (Lipinski definition) is 3. The van der Waals surface area contributed by atoms with Crippen molar-refractivity contribution < 1.29 is 9.90 Å². The first-order chi connectivity index (χ1) is 14.0. The minimum Gasteiger partial charge on any atom is -0.373 e. The maximum Gasteiger partial charge on any atom is 0.246 e. The Labute approximate surface area is 176 Å². The fraction of sp³-hybridized carbons (Fsp3) is 0.333. The molecule has 0 saturated carbocycles. The van der Waals surface area contributed by atoms with Crippen molar-refractivity contribution in [3.05, 3.63) is 82.4 Å². The van der Waals surface area contributed by atoms with Crippen molar-refractivity contribution >= 4 is 17.5 Å². The van der Waals surface area contributed by atoms with Crippen molar-refractivity contribution in [3.8, 4) is 6.07 Å². The zero-order valence-corrected chi connectivity index (χ0v) is 17.0. The summed E-state index contributed by atoms with van der Waals surface area (Å²) < 4.78 is 0. The molecule has 1 N–H and O–H groups in total. The molecule has 5 heteroatoms. The number of rotatable bonds is 3. The second-order valence-corrected chi connectivity index (χ2v) is 8.48. The second kappa shape index (κ2) is 7.67. The minimum absolute atomic E-state index is 0.280. The van der Waals surface area contributed by atoms with Gasteiger partial charge in [0.2, 0.25) is 5.91 Å². The number of aliphatic hydroxyl groups excluding tert-OH is 1. The number of likely N-dealkylation sites (tertiary alicyclic amines) is 1. The highest BCUT2D eigenvalue weighted by Gasteiger charge is 2.59. The first-order valence-electron chi connectivity index (χ1n) is 9.82. The van der Waals surface area contributed by atoms with Gasteiger partial charge in [-0.1, -0.05) is 65.7 Å². The number of aliphatic hydroxyl groups is 1. The van der Waals surface area contributed by atoms with Gasteiger partial charge < -0.3 is 10.0 Å². The van der Waals surface area contributed by atoms with Crippen molar-refractivity contribution in [1.82, 2.24) is 4.90 Å². The van der Waals surface area contributed by atoms with Gasteiger partial charge in [-0.25, -0.2) is 0 Å². The molecule has 2 aromatic rings. The molecule has 0 aromatic heterocycles. The van der Waals surface area contributed by atoms with Gasteiger partial charge in [-0.05, 0) is 36.6 Å². The summed E-state index contributed by atoms with van der Waals surface area (Å²) in [6.07, 6.45) is 2.08. The number of fused-ring (bicyclic) bond motifs is 1. The molecule has 0 spiro atoms. The van der Waals surface area contributed by atoms with Crippen LogP contribution in [0.5, 0.6) is 0 Å². The molecule has 1 saturated heterocycles. The van der Waals surface area contributed by atoms with E-state index >= 15 is 0 Å². The van der Waals surface area contributed by atoms with Crippen molar-refractivity contribution in [2.24, 2.45) is 11.3 Å². The topological polar surface area (TPSA) is 64.3 Å². The zero-order valence-electron chi connectivity index (χ0n) is 16.3. The van der Waals surface area contributed by atoms with Crippen molar-refractivity contribution in [2.45, 2.75) is 38.5 Å². The molecule has 0 unspecified atom stereocenters. The number of hydrogen-bond donors (Lipinski definition) is 1. The predicted molar refractivity (Wildman–Crippen MR) is 112 cm³/mol. The molecule has 0 radical (unpaired) electrons. The maximum atomic E-state index is 13.8. The largest absolute Gasteiger partial charge is 0.373 e. The molecule has 1 fully saturated rings. The Morgan fingerprint density at radius 2 is 1.90 bits per heavy atom. The number of benzene rings is 2. The fourth-order valence-electron chi connectivity index (χ4n) is 4.82. The highest BCUT2D eigenvalue weighted by Crippen LogP contribution is 2.54. The third-order valence-electron chi connectivity index (χ3n) is 6.24. The van der Waals surface area contributed by atoms with E-state index in [1.54, 1.807) is 12.1 Å². The number of allylic oxidation sites excluding steroid dienone is 2. The molecule has 1 heterocycles. The van der Waals surface area contributed by atoms with Crippen LogP contribution in [-0.2, 0) is 11.3 Å². The molecule has 0 bridgehead atoms. The minimum atomic E-state index is -1.23. The average molecular weight is 407 g/mol. The molecule has 148 valence electrons. The SMILES string of the molecule is CC1=C[C@@H]2C[C@H](O)N(Cc3ccccc3)C(=O)[C@]2(C#N)[C@@H](c2ccc(Cl)cc2)C1. The summed E-state index contributed by atoms with van der Waals surface area (Å²) >= 11 is 6.06. The monoisotopic (exact) mass is 406 g/mol. The van der Waals surface area contributed by atoms with E-state index in [0.29, 0.717) is 17.9 Å². The van der Waals surface area contributed by atoms with E-state index in [1.165, 1.54) is 4.90 Å². The predicted octanol–water partition coefficient (Wildman–Crippen LogP) is 4.65. The van der Waals surface area contributed by atoms with E-state index in [1.807, 2.05) is 55.5 Å². The first-order valence-corrected chi connectivity index (χ1v) is 10.2. The molecule has 4 nitrogen and oxygen atoms in total. The molecule has 4 rings (SSSR count). The molecular formula is C24H23ClN2O2. The molecular weight excluding hydrogens is 384 g/mol. The quantitative estimate of drug-likeness (QED) is 0.754. The highest BCUT2D eigenvalue weighted by atomic mass is 35.5. The van der Waals surface area contributed by atoms with Crippen LogP contribution in [0.25, 0.3) is 0 Å². The van der Waals surface area contributed by atoms with E-state index in [4.69, 9.17) is 11.6 Å². The summed E-state index contributed by atoms with van der Waals surface area (Å²) in [4.78, 5) is 15.2. The lowest BCUT2D eigenvalue weighted by Gasteiger charge is -2.50. The van der Waals surface area contributed by atoms with E-state index in [2.05, 4.69) is 6.07 Å². The number of amides is 1. The molecule has 1 aliphatic heterocycles. The van der Waals surface area contributed by atoms with Crippen LogP contribution in [0.15, 0.2) is 66.2 Å². The van der Waals surface area contributed by atoms with Crippen molar-refractivity contribution in [1.29, 1.82) is 5.26 Å². The van der Waals surface area contributed by atoms with Crippen LogP contribution >= 0.6 is 11.6 Å². The second-order valence-electron chi connectivity index (χ2n) is 8.04. The van der Waals surface area contributed by atoms with E-state index in [9.17, 15) is 15.2 Å². The van der Waals surface area contributed by atoms with Gasteiger partial charge in [-0.2, -0.15) is 5.26 Å². The number of carbonyl (C=O) groups excluding carboxylic acids is 1. The number of nitriles is 1. The van der Waals surface area contributed by atoms with Crippen LogP contribution in [0.4, 0.5) is 0 Å². The summed E-state index contributed by atoms with van der Waals surface area (Å²) in [5.74, 6) is -0.897. The van der Waals surface area contributed by atoms with Crippen molar-refractivity contribution in [2.75, 3.05) is 0 Å². The lowest BCUT2D eigenvalue weighted by molar-refractivity contribution is -0.166. The summed E-state index contributed by atoms with van der Waals surface area (Å²) in [7, 11) is 0. The van der Waals surface area contributed by atoms with E-state index < -0.39 is 11.6 Å². The van der Waals surface area contributed by atoms with E-state index in [0.717, 1.165) is 16.7 Å². The Hall–Kier alpha value is -2.61. The lowest BCUT2D eigenvalue weighted by Crippen LogP contribution is -2.59. The normalized spacial score (nSPS) is 29.0. The number of carbonyl (C=O) groups is 1. The van der Waals surface area contributed by atoms with Crippen LogP contribution in [0.3, 0.4) is 0 Å². The number of piperidine rings is 1. The van der Waals surface area contributed by atoms with Crippen LogP contribution in [0.1, 0.15) is 36.8 Å². The summed E-state index contributed by atoms with van der Waals surface area (Å²) in [6.45, 7) is 2.31. The number of halogens is 1. The third-order valence-corrected chi connectivity index (χ3v) is 6.49. The van der Waals surface area contributed by atoms with Crippen molar-refractivity contribution in [3.63, 3.8) is 0 Å². The lowest BCUT2D eigenvalue weighted by atomic mass is 9.56. The van der Waals surface area contributed by atoms with Crippen LogP contribution < -0.4 is 0 Å². The van der Waals surface area contributed by atoms with Crippen LogP contribution in [0, 0.1) is 22.7 Å². The standard InChI is InChI=1S/C24H23ClN2O2/c1-16-11-19-13-22(28)27(14-17-5-3-2-4-6-17)23(29)24(19,15-26)21(12-16)18-7-9-20(25)10-8-18/h2-11,19,21-22,28H,12-14H2,1H3/t19-,21-,22+,24+/m1/s1. The van der Waals surface area contributed by atoms with Crippen LogP contribution in [-0.4, -0.2) is 22.1 Å². The number of nitrogens with zero attached hydrogens (tertiary/aromatic N) is 2.